The first-order valence-corrected chi connectivity index (χ1v) is 7.62. The molecule has 2 aromatic heterocycles. The predicted molar refractivity (Wildman–Crippen MR) is 88.9 cm³/mol. The fourth-order valence-corrected chi connectivity index (χ4v) is 3.13. The summed E-state index contributed by atoms with van der Waals surface area (Å²) >= 11 is 3.14. The third-order valence-corrected chi connectivity index (χ3v) is 4.38. The van der Waals surface area contributed by atoms with Gasteiger partial charge in [0, 0.05) is 11.9 Å². The van der Waals surface area contributed by atoms with Crippen LogP contribution in [0.15, 0.2) is 36.7 Å². The molecule has 0 unspecified atom stereocenters. The summed E-state index contributed by atoms with van der Waals surface area (Å²) in [5, 5.41) is 0.983. The molecule has 114 valence electrons. The molecule has 0 spiro atoms. The first-order chi connectivity index (χ1) is 10.5. The van der Waals surface area contributed by atoms with E-state index in [4.69, 9.17) is 9.15 Å². The number of pyridine rings is 1. The molecule has 0 radical (unpaired) electrons. The number of rotatable bonds is 2. The zero-order chi connectivity index (χ0) is 16.0. The van der Waals surface area contributed by atoms with Crippen LogP contribution in [-0.4, -0.2) is 11.7 Å². The second kappa shape index (κ2) is 5.28. The molecule has 0 amide bonds. The summed E-state index contributed by atoms with van der Waals surface area (Å²) in [5.41, 5.74) is 1.22. The molecule has 0 aliphatic rings. The molecule has 1 aromatic carbocycles. The molecule has 5 nitrogen and oxygen atoms in total. The lowest BCUT2D eigenvalue weighted by atomic mass is 10.1. The third-order valence-electron chi connectivity index (χ3n) is 3.70. The number of ether oxygens (including phenoxy) is 1. The van der Waals surface area contributed by atoms with E-state index in [0.717, 1.165) is 11.1 Å². The van der Waals surface area contributed by atoms with Crippen LogP contribution in [0.4, 0.5) is 0 Å². The molecule has 0 saturated carbocycles. The van der Waals surface area contributed by atoms with E-state index in [1.165, 1.54) is 7.11 Å². The molecular weight excluding hydrogens is 350 g/mol. The van der Waals surface area contributed by atoms with Gasteiger partial charge < -0.3 is 13.7 Å². The molecule has 0 aliphatic heterocycles. The molecule has 0 bridgehead atoms. The lowest BCUT2D eigenvalue weighted by molar-refractivity contribution is 0.409. The Kier molecular flexibility index (Phi) is 3.56. The number of aryl methyl sites for hydroxylation is 2. The summed E-state index contributed by atoms with van der Waals surface area (Å²) in [5.74, 6) is 0.209. The average Bonchev–Trinajstić information content (AvgIpc) is 2.49. The Morgan fingerprint density at radius 2 is 2.05 bits per heavy atom. The summed E-state index contributed by atoms with van der Waals surface area (Å²) in [6.45, 7) is 4.36. The van der Waals surface area contributed by atoms with Crippen molar-refractivity contribution in [1.29, 1.82) is 0 Å². The van der Waals surface area contributed by atoms with Crippen molar-refractivity contribution in [3.05, 3.63) is 49.0 Å². The van der Waals surface area contributed by atoms with E-state index in [1.807, 2.05) is 32.0 Å². The first kappa shape index (κ1) is 14.8. The number of hydrogen-bond donors (Lipinski definition) is 0. The highest BCUT2D eigenvalue weighted by Crippen LogP contribution is 2.32. The van der Waals surface area contributed by atoms with Crippen LogP contribution in [0.25, 0.3) is 21.9 Å². The quantitative estimate of drug-likeness (QED) is 0.656. The van der Waals surface area contributed by atoms with Crippen LogP contribution in [0.5, 0.6) is 5.75 Å². The van der Waals surface area contributed by atoms with Crippen LogP contribution in [0.1, 0.15) is 12.5 Å². The minimum atomic E-state index is -0.570. The van der Waals surface area contributed by atoms with Crippen molar-refractivity contribution in [3.8, 4) is 5.75 Å². The number of hydrogen-bond acceptors (Lipinski definition) is 4. The highest BCUT2D eigenvalue weighted by Gasteiger charge is 2.20. The van der Waals surface area contributed by atoms with E-state index in [1.54, 1.807) is 4.57 Å². The van der Waals surface area contributed by atoms with Gasteiger partial charge in [-0.3, -0.25) is 4.79 Å². The molecule has 3 rings (SSSR count). The van der Waals surface area contributed by atoms with Crippen LogP contribution in [-0.2, 0) is 6.54 Å². The lowest BCUT2D eigenvalue weighted by Gasteiger charge is -2.13. The summed E-state index contributed by atoms with van der Waals surface area (Å²) in [6.07, 6.45) is 0. The van der Waals surface area contributed by atoms with Gasteiger partial charge in [-0.2, -0.15) is 0 Å². The minimum Gasteiger partial charge on any atom is -0.494 e. The van der Waals surface area contributed by atoms with Gasteiger partial charge in [0.2, 0.25) is 0 Å². The molecule has 0 N–H and O–H groups in total. The Balaban J connectivity index is 2.73. The maximum atomic E-state index is 12.8. The second-order valence-electron chi connectivity index (χ2n) is 5.01. The van der Waals surface area contributed by atoms with E-state index >= 15 is 0 Å². The average molecular weight is 364 g/mol. The van der Waals surface area contributed by atoms with Crippen molar-refractivity contribution in [3.63, 3.8) is 0 Å². The fraction of sp³-hybridized carbons (Fsp3) is 0.250. The number of aromatic nitrogens is 1. The number of halogens is 1. The maximum Gasteiger partial charge on any atom is 0.354 e. The first-order valence-electron chi connectivity index (χ1n) is 6.83. The SMILES string of the molecule is CCn1c(=O)c2c(OC)c(Br)c(=O)oc2c2ccc(C)cc21. The highest BCUT2D eigenvalue weighted by atomic mass is 79.9. The van der Waals surface area contributed by atoms with Crippen molar-refractivity contribution in [2.45, 2.75) is 20.4 Å². The molecular formula is C16H14BrNO4. The molecule has 6 heteroatoms. The number of benzene rings is 1. The van der Waals surface area contributed by atoms with Crippen LogP contribution in [0.2, 0.25) is 0 Å². The fourth-order valence-electron chi connectivity index (χ4n) is 2.68. The van der Waals surface area contributed by atoms with Gasteiger partial charge >= 0.3 is 5.63 Å². The van der Waals surface area contributed by atoms with Gasteiger partial charge in [0.25, 0.3) is 5.56 Å². The molecule has 0 saturated heterocycles. The summed E-state index contributed by atoms with van der Waals surface area (Å²) in [4.78, 5) is 24.8. The van der Waals surface area contributed by atoms with Gasteiger partial charge in [0.1, 0.15) is 9.86 Å². The zero-order valence-corrected chi connectivity index (χ0v) is 14.0. The molecule has 22 heavy (non-hydrogen) atoms. The van der Waals surface area contributed by atoms with E-state index in [0.29, 0.717) is 11.9 Å². The minimum absolute atomic E-state index is 0.119. The van der Waals surface area contributed by atoms with Crippen molar-refractivity contribution < 1.29 is 9.15 Å². The van der Waals surface area contributed by atoms with Crippen molar-refractivity contribution >= 4 is 37.8 Å². The predicted octanol–water partition coefficient (Wildman–Crippen LogP) is 3.21. The maximum absolute atomic E-state index is 12.8. The lowest BCUT2D eigenvalue weighted by Crippen LogP contribution is -2.22. The van der Waals surface area contributed by atoms with Gasteiger partial charge in [-0.15, -0.1) is 0 Å². The monoisotopic (exact) mass is 363 g/mol. The van der Waals surface area contributed by atoms with Crippen LogP contribution < -0.4 is 15.9 Å². The molecule has 2 heterocycles. The molecule has 0 fully saturated rings. The number of fused-ring (bicyclic) bond motifs is 3. The molecule has 3 aromatic rings. The summed E-state index contributed by atoms with van der Waals surface area (Å²) < 4.78 is 12.4. The highest BCUT2D eigenvalue weighted by molar-refractivity contribution is 9.10. The molecule has 0 aliphatic carbocycles. The van der Waals surface area contributed by atoms with Crippen molar-refractivity contribution in [1.82, 2.24) is 4.57 Å². The Labute approximate surface area is 134 Å². The molecule has 0 atom stereocenters. The zero-order valence-electron chi connectivity index (χ0n) is 12.4. The second-order valence-corrected chi connectivity index (χ2v) is 5.80. The summed E-state index contributed by atoms with van der Waals surface area (Å²) in [6, 6.07) is 5.68. The largest absolute Gasteiger partial charge is 0.494 e. The van der Waals surface area contributed by atoms with E-state index in [9.17, 15) is 9.59 Å². The van der Waals surface area contributed by atoms with Crippen LogP contribution in [0.3, 0.4) is 0 Å². The third kappa shape index (κ3) is 1.98. The topological polar surface area (TPSA) is 61.4 Å². The van der Waals surface area contributed by atoms with E-state index in [2.05, 4.69) is 15.9 Å². The Morgan fingerprint density at radius 1 is 1.32 bits per heavy atom. The van der Waals surface area contributed by atoms with Gasteiger partial charge in [0.15, 0.2) is 11.3 Å². The smallest absolute Gasteiger partial charge is 0.354 e. The van der Waals surface area contributed by atoms with Gasteiger partial charge in [-0.05, 0) is 47.5 Å². The van der Waals surface area contributed by atoms with E-state index in [-0.39, 0.29) is 26.8 Å². The van der Waals surface area contributed by atoms with Gasteiger partial charge in [0.05, 0.1) is 12.6 Å². The van der Waals surface area contributed by atoms with Gasteiger partial charge in [-0.1, -0.05) is 6.07 Å². The van der Waals surface area contributed by atoms with Crippen LogP contribution in [0, 0.1) is 6.92 Å². The Bertz CT molecular complexity index is 1020. The van der Waals surface area contributed by atoms with Gasteiger partial charge in [-0.25, -0.2) is 4.79 Å². The number of nitrogens with zero attached hydrogens (tertiary/aromatic N) is 1. The Morgan fingerprint density at radius 3 is 2.68 bits per heavy atom. The van der Waals surface area contributed by atoms with Crippen molar-refractivity contribution in [2.75, 3.05) is 7.11 Å². The Hall–Kier alpha value is -2.08. The summed E-state index contributed by atoms with van der Waals surface area (Å²) in [7, 11) is 1.42. The van der Waals surface area contributed by atoms with Crippen LogP contribution >= 0.6 is 15.9 Å². The van der Waals surface area contributed by atoms with E-state index < -0.39 is 5.63 Å². The standard InChI is InChI=1S/C16H14BrNO4/c1-4-18-10-7-8(2)5-6-9(10)13-11(15(18)19)14(21-3)12(17)16(20)22-13/h5-7H,4H2,1-3H3. The number of methoxy groups -OCH3 is 1. The van der Waals surface area contributed by atoms with Crippen molar-refractivity contribution in [2.24, 2.45) is 0 Å². The normalized spacial score (nSPS) is 11.3.